The third-order valence-corrected chi connectivity index (χ3v) is 28.7. The van der Waals surface area contributed by atoms with E-state index in [1.807, 2.05) is 9.80 Å². The molecule has 21 N–H and O–H groups in total. The number of aliphatic hydroxyl groups excluding tert-OH is 1. The van der Waals surface area contributed by atoms with Gasteiger partial charge < -0.3 is 135 Å². The van der Waals surface area contributed by atoms with Crippen molar-refractivity contribution in [1.82, 2.24) is 113 Å². The number of nitrogens with two attached hydrogens (primary N) is 2. The molecule has 12 heterocycles. The number of aliphatic hydroxyl groups is 1. The number of fused-ring (bicyclic) bond motifs is 30. The van der Waals surface area contributed by atoms with E-state index in [9.17, 15) is 96.8 Å². The molecule has 0 aliphatic carbocycles. The Kier molecular flexibility index (Phi) is 40.1. The summed E-state index contributed by atoms with van der Waals surface area (Å²) in [6.07, 6.45) is -1.01. The highest BCUT2D eigenvalue weighted by molar-refractivity contribution is 8.00. The van der Waals surface area contributed by atoms with Gasteiger partial charge in [0.05, 0.1) is 42.9 Å². The number of rotatable bonds is 20. The number of aromatic amines is 2. The molecule has 0 spiro atoms. The molecule has 10 bridgehead atoms. The average molecular weight is 2060 g/mol. The van der Waals surface area contributed by atoms with Crippen LogP contribution in [0.1, 0.15) is 116 Å². The summed E-state index contributed by atoms with van der Waals surface area (Å²) in [5, 5.41) is 63.4. The summed E-state index contributed by atoms with van der Waals surface area (Å²) in [5.41, 5.74) is 13.6. The minimum absolute atomic E-state index is 0.0134. The van der Waals surface area contributed by atoms with Crippen molar-refractivity contribution in [3.63, 3.8) is 0 Å². The molecule has 144 heavy (non-hydrogen) atoms. The van der Waals surface area contributed by atoms with E-state index in [4.69, 9.17) is 26.4 Å². The Labute approximate surface area is 841 Å². The molecule has 5 aromatic rings. The van der Waals surface area contributed by atoms with Crippen LogP contribution in [0.15, 0.2) is 60.9 Å². The molecule has 14 rings (SSSR count). The van der Waals surface area contributed by atoms with Crippen LogP contribution in [0, 0.1) is 11.8 Å². The molecule has 13 atom stereocenters. The second-order valence-electron chi connectivity index (χ2n) is 36.9. The Morgan fingerprint density at radius 3 is 1.56 bits per heavy atom. The van der Waals surface area contributed by atoms with Crippen molar-refractivity contribution in [1.29, 1.82) is 0 Å². The fourth-order valence-corrected chi connectivity index (χ4v) is 20.2. The van der Waals surface area contributed by atoms with Crippen molar-refractivity contribution in [2.75, 3.05) is 143 Å². The number of thioether (sulfide) groups is 3. The van der Waals surface area contributed by atoms with E-state index in [1.54, 1.807) is 83.3 Å². The average Bonchev–Trinajstić information content (AvgIpc) is 1.06. The molecule has 0 saturated carbocycles. The third kappa shape index (κ3) is 30.5. The first-order valence-electron chi connectivity index (χ1n) is 47.8. The van der Waals surface area contributed by atoms with Gasteiger partial charge in [-0.15, -0.1) is 35.3 Å². The molecule has 9 aliphatic rings. The van der Waals surface area contributed by atoms with Crippen molar-refractivity contribution < 1.29 is 111 Å². The number of primary amides is 1. The number of nitrogens with zero attached hydrogens (tertiary/aromatic N) is 10. The highest BCUT2D eigenvalue weighted by Gasteiger charge is 2.44. The lowest BCUT2D eigenvalue weighted by Crippen LogP contribution is -2.62. The molecule has 9 aliphatic heterocycles. The fourth-order valence-electron chi connectivity index (χ4n) is 17.4. The van der Waals surface area contributed by atoms with Crippen LogP contribution in [-0.4, -0.2) is 395 Å². The Bertz CT molecular complexity index is 5550. The van der Waals surface area contributed by atoms with Crippen molar-refractivity contribution in [3.05, 3.63) is 77.9 Å². The summed E-state index contributed by atoms with van der Waals surface area (Å²) in [6.45, 7) is 8.83. The summed E-state index contributed by atoms with van der Waals surface area (Å²) in [7, 11) is 1.34. The number of carbonyl (C=O) groups excluding carboxylic acids is 18. The monoisotopic (exact) mass is 2060 g/mol. The smallest absolute Gasteiger partial charge is 0.305 e. The zero-order valence-corrected chi connectivity index (χ0v) is 83.5. The van der Waals surface area contributed by atoms with Gasteiger partial charge in [0.25, 0.3) is 0 Å². The van der Waals surface area contributed by atoms with Crippen molar-refractivity contribution >= 4 is 187 Å². The van der Waals surface area contributed by atoms with Crippen LogP contribution in [0.2, 0.25) is 0 Å². The van der Waals surface area contributed by atoms with Gasteiger partial charge in [0.2, 0.25) is 118 Å². The topological polar surface area (TPSA) is 691 Å². The molecule has 18 amide bonds. The van der Waals surface area contributed by atoms with E-state index in [2.05, 4.69) is 73.8 Å². The van der Waals surface area contributed by atoms with Crippen LogP contribution in [0.25, 0.3) is 21.8 Å². The van der Waals surface area contributed by atoms with Gasteiger partial charge in [-0.05, 0) is 81.0 Å². The number of para-hydroxylation sites is 2. The van der Waals surface area contributed by atoms with Crippen LogP contribution in [0.3, 0.4) is 0 Å². The summed E-state index contributed by atoms with van der Waals surface area (Å²) in [5.74, 6) is -22.2. The molecule has 49 nitrogen and oxygen atoms in total. The van der Waals surface area contributed by atoms with E-state index < -0.39 is 253 Å². The maximum Gasteiger partial charge on any atom is 0.305 e. The van der Waals surface area contributed by atoms with Crippen LogP contribution in [0.4, 0.5) is 11.9 Å². The number of amides is 18. The quantitative estimate of drug-likeness (QED) is 0.0323. The number of nitrogens with one attached hydrogen (secondary N) is 14. The van der Waals surface area contributed by atoms with Crippen molar-refractivity contribution in [3.8, 4) is 0 Å². The van der Waals surface area contributed by atoms with Gasteiger partial charge in [0.15, 0.2) is 0 Å². The number of carboxylic acid groups (broad SMARTS) is 2. The zero-order valence-electron chi connectivity index (χ0n) is 81.1. The zero-order chi connectivity index (χ0) is 104. The third-order valence-electron chi connectivity index (χ3n) is 25.6. The van der Waals surface area contributed by atoms with Crippen molar-refractivity contribution in [2.24, 2.45) is 23.3 Å². The SMILES string of the molecule is CC(C)[C@@H]1NC(=O)[C@H](Cc2c[nH]c3ccccc23)NC(=O)[C@@H]2CSCC(=O)N3CCN(CC3)c3nc(nc(n3)N3CCN(CC3)C(=O)CSC[C@@H](C(N)=O)NC(=O)[C@@H]3CCCN3C(=O)[C@H](C(C)C)NC(=O)[C@H](Cc3c[nH]c4ccccc34)NC(=O)CNC(=O)[C@H](CC(=O)O)NC1=O)C1CCN(CC1)C(=O)CSC[C@H](NC(=O)[C@H](C)NC(=O)CN(C)C(=O)CCN)C(=O)N[C@@H]([C@@H](C)O)C(=O)N[C@@H](CCC(=O)O)C(=O)N2. The van der Waals surface area contributed by atoms with Crippen LogP contribution >= 0.6 is 35.3 Å². The van der Waals surface area contributed by atoms with Crippen LogP contribution in [-0.2, 0) is 109 Å². The molecule has 4 saturated heterocycles. The fraction of sp³-hybridized carbons (Fsp3) is 0.576. The van der Waals surface area contributed by atoms with E-state index in [-0.39, 0.29) is 145 Å². The minimum Gasteiger partial charge on any atom is -0.481 e. The molecule has 0 unspecified atom stereocenters. The van der Waals surface area contributed by atoms with Crippen LogP contribution in [0.5, 0.6) is 0 Å². The Balaban J connectivity index is 0.941. The molecular formula is C92H128N26O23S3. The lowest BCUT2D eigenvalue weighted by molar-refractivity contribution is -0.143. The lowest BCUT2D eigenvalue weighted by atomic mass is 9.96. The number of anilines is 2. The van der Waals surface area contributed by atoms with E-state index in [0.29, 0.717) is 58.0 Å². The first kappa shape index (κ1) is 111. The number of hydrogen-bond acceptors (Lipinski definition) is 30. The van der Waals surface area contributed by atoms with Gasteiger partial charge in [-0.2, -0.15) is 15.0 Å². The predicted molar refractivity (Wildman–Crippen MR) is 528 cm³/mol. The lowest BCUT2D eigenvalue weighted by Gasteiger charge is -2.37. The number of carboxylic acids is 2. The number of hydrogen-bond donors (Lipinski definition) is 19. The largest absolute Gasteiger partial charge is 0.481 e. The second-order valence-corrected chi connectivity index (χ2v) is 40.0. The Hall–Kier alpha value is -13.5. The first-order chi connectivity index (χ1) is 68.6. The number of likely N-dealkylation sites (N-methyl/N-ethyl adjacent to an activating group) is 1. The number of piperazine rings is 2. The molecular weight excluding hydrogens is 1930 g/mol. The normalized spacial score (nSPS) is 24.5. The van der Waals surface area contributed by atoms with Gasteiger partial charge in [0.1, 0.15) is 78.3 Å². The van der Waals surface area contributed by atoms with Gasteiger partial charge in [-0.25, -0.2) is 0 Å². The number of aromatic nitrogens is 5. The van der Waals surface area contributed by atoms with E-state index in [1.165, 1.54) is 38.9 Å². The predicted octanol–water partition coefficient (Wildman–Crippen LogP) is -5.67. The highest BCUT2D eigenvalue weighted by Crippen LogP contribution is 2.32. The molecule has 782 valence electrons. The maximum absolute atomic E-state index is 15.6. The maximum atomic E-state index is 15.6. The Morgan fingerprint density at radius 1 is 0.514 bits per heavy atom. The van der Waals surface area contributed by atoms with Gasteiger partial charge in [-0.3, -0.25) is 95.9 Å². The first-order valence-corrected chi connectivity index (χ1v) is 51.3. The highest BCUT2D eigenvalue weighted by atomic mass is 32.2. The molecule has 0 radical (unpaired) electrons. The molecule has 52 heteroatoms. The van der Waals surface area contributed by atoms with Crippen molar-refractivity contribution in [2.45, 2.75) is 190 Å². The summed E-state index contributed by atoms with van der Waals surface area (Å²) in [4.78, 5) is 317. The summed E-state index contributed by atoms with van der Waals surface area (Å²) >= 11 is 2.76. The number of carbonyl (C=O) groups is 20. The standard InChI is InChI=1S/C92H128N26O23S3/c1-48(2)75-88(139)102-62(37-74(128)129)81(132)97-40-67(120)99-60(35-53-38-95-57-15-10-8-13-55(53)57)83(134)107-76(49(3)4)90(141)118-24-12-17-66(118)87(138)103-63(78(94)130)42-142-46-71(124)114-27-31-116(32-28-114)91-109-79-52-21-25-113(26-22-52)70(123)45-144-44-65(104-80(131)50(5)98-68(121)41-112(7)69(122)20-23-93)86(137)108-77(51(6)119)89(140)100-59(18-19-73(126)127)82(133)105-64(43-143-47-72(125)115-29-33-117(34-30-115)92(110-79)111-91)85(136)101-61(84(135)106-75)36-54-39-96-58-16-11-9-14-56(54)58/h8-11,13-16,38-39,48-52,59-66,75-77,95-96,119H,12,17-37,40-47,93H2,1-7H3,(H2,94,130)(H,97,132)(H,98,121)(H,99,120)(H,100,140)(H,101,136)(H,102,139)(H,103,138)(H,104,131)(H,105,133)(H,106,135)(H,107,134)(H,108,137)(H,126,127)(H,128,129)/t50-,51+,59-,60-,61-,62-,63-,64-,65-,66-,75-,76-,77-/m0/s1. The van der Waals surface area contributed by atoms with Gasteiger partial charge in [-0.1, -0.05) is 64.1 Å². The van der Waals surface area contributed by atoms with E-state index >= 15 is 14.4 Å². The molecule has 2 aromatic carbocycles. The second kappa shape index (κ2) is 52.1. The van der Waals surface area contributed by atoms with Gasteiger partial charge in [0, 0.05) is 169 Å². The minimum atomic E-state index is -2.05. The Morgan fingerprint density at radius 2 is 1.01 bits per heavy atom. The number of H-pyrrole nitrogens is 2. The number of piperidine rings is 1. The molecule has 4 fully saturated rings. The number of aliphatic carboxylic acids is 2. The molecule has 3 aromatic heterocycles. The summed E-state index contributed by atoms with van der Waals surface area (Å²) in [6, 6.07) is -5.96. The number of benzene rings is 2. The van der Waals surface area contributed by atoms with E-state index in [0.717, 1.165) is 47.1 Å². The van der Waals surface area contributed by atoms with Crippen LogP contribution < -0.4 is 85.1 Å². The summed E-state index contributed by atoms with van der Waals surface area (Å²) < 4.78 is 0. The van der Waals surface area contributed by atoms with Gasteiger partial charge >= 0.3 is 11.9 Å².